The quantitative estimate of drug-likeness (QED) is 0.444. The molecule has 3 aromatic rings. The van der Waals surface area contributed by atoms with Gasteiger partial charge >= 0.3 is 5.97 Å². The molecule has 1 aliphatic rings. The van der Waals surface area contributed by atoms with Gasteiger partial charge in [0.25, 0.3) is 0 Å². The van der Waals surface area contributed by atoms with Crippen molar-refractivity contribution in [1.82, 2.24) is 4.98 Å². The number of aromatic hydroxyl groups is 1. The van der Waals surface area contributed by atoms with E-state index in [1.807, 2.05) is 19.1 Å². The third kappa shape index (κ3) is 4.19. The van der Waals surface area contributed by atoms with Crippen LogP contribution in [-0.2, 0) is 4.74 Å². The number of allylic oxidation sites excluding steroid dienone is 1. The molecule has 0 fully saturated rings. The highest BCUT2D eigenvalue weighted by Crippen LogP contribution is 2.39. The molecule has 0 radical (unpaired) electrons. The van der Waals surface area contributed by atoms with Crippen LogP contribution in [0, 0.1) is 6.92 Å². The summed E-state index contributed by atoms with van der Waals surface area (Å²) < 4.78 is 16.3. The summed E-state index contributed by atoms with van der Waals surface area (Å²) in [5.74, 6) is -0.679. The van der Waals surface area contributed by atoms with Crippen LogP contribution in [0.15, 0.2) is 45.9 Å². The van der Waals surface area contributed by atoms with Crippen LogP contribution in [0.4, 0.5) is 17.4 Å². The van der Waals surface area contributed by atoms with Gasteiger partial charge in [0.1, 0.15) is 12.4 Å². The van der Waals surface area contributed by atoms with E-state index in [0.717, 1.165) is 11.1 Å². The average molecular weight is 435 g/mol. The predicted molar refractivity (Wildman–Crippen MR) is 119 cm³/mol. The van der Waals surface area contributed by atoms with E-state index in [-0.39, 0.29) is 17.2 Å². The maximum absolute atomic E-state index is 11.8. The number of benzene rings is 1. The van der Waals surface area contributed by atoms with E-state index in [9.17, 15) is 15.0 Å². The zero-order valence-electron chi connectivity index (χ0n) is 17.5. The van der Waals surface area contributed by atoms with E-state index < -0.39 is 11.7 Å². The van der Waals surface area contributed by atoms with Crippen LogP contribution in [0.1, 0.15) is 27.2 Å². The van der Waals surface area contributed by atoms with Gasteiger partial charge in [-0.1, -0.05) is 0 Å². The first-order valence-electron chi connectivity index (χ1n) is 9.77. The monoisotopic (exact) mass is 435 g/mol. The fraction of sp³-hybridized carbons (Fsp3) is 0.174. The Bertz CT molecular complexity index is 1230. The molecule has 1 aliphatic heterocycles. The van der Waals surface area contributed by atoms with E-state index in [0.29, 0.717) is 36.0 Å². The van der Waals surface area contributed by atoms with Crippen molar-refractivity contribution in [2.24, 2.45) is 4.99 Å². The molecule has 32 heavy (non-hydrogen) atoms. The van der Waals surface area contributed by atoms with Crippen molar-refractivity contribution in [1.29, 1.82) is 0 Å². The van der Waals surface area contributed by atoms with E-state index in [2.05, 4.69) is 15.3 Å². The van der Waals surface area contributed by atoms with Crippen LogP contribution in [0.5, 0.6) is 11.5 Å². The number of aryl methyl sites for hydroxylation is 1. The molecular weight excluding hydrogens is 414 g/mol. The SMILES string of the molecule is COCCOc1ccc(Nc2oc(C=C3C=Nc4ncccc43)c(O)c2C(=O)O)c(C)c1. The molecule has 0 saturated carbocycles. The van der Waals surface area contributed by atoms with Gasteiger partial charge < -0.3 is 29.4 Å². The smallest absolute Gasteiger partial charge is 0.345 e. The van der Waals surface area contributed by atoms with Crippen LogP contribution >= 0.6 is 0 Å². The van der Waals surface area contributed by atoms with Crippen molar-refractivity contribution in [2.75, 3.05) is 25.6 Å². The van der Waals surface area contributed by atoms with Gasteiger partial charge in [0, 0.05) is 36.3 Å². The fourth-order valence-corrected chi connectivity index (χ4v) is 3.24. The summed E-state index contributed by atoms with van der Waals surface area (Å²) in [5.41, 5.74) is 2.45. The lowest BCUT2D eigenvalue weighted by atomic mass is 10.1. The molecule has 1 aromatic carbocycles. The molecule has 9 nitrogen and oxygen atoms in total. The van der Waals surface area contributed by atoms with E-state index >= 15 is 0 Å². The number of methoxy groups -OCH3 is 1. The third-order valence-electron chi connectivity index (χ3n) is 4.84. The Morgan fingerprint density at radius 3 is 2.88 bits per heavy atom. The summed E-state index contributed by atoms with van der Waals surface area (Å²) in [5, 5.41) is 23.1. The molecule has 0 aliphatic carbocycles. The zero-order valence-corrected chi connectivity index (χ0v) is 17.5. The molecule has 0 atom stereocenters. The molecule has 2 aromatic heterocycles. The number of fused-ring (bicyclic) bond motifs is 1. The Kier molecular flexibility index (Phi) is 5.91. The van der Waals surface area contributed by atoms with Crippen molar-refractivity contribution in [3.63, 3.8) is 0 Å². The predicted octanol–water partition coefficient (Wildman–Crippen LogP) is 4.41. The molecule has 164 valence electrons. The number of furan rings is 1. The van der Waals surface area contributed by atoms with Gasteiger partial charge in [-0.25, -0.2) is 14.8 Å². The molecule has 0 saturated heterocycles. The molecule has 9 heteroatoms. The standard InChI is InChI=1S/C23H21N3O6/c1-13-10-15(31-9-8-30-2)5-6-17(13)26-22-19(23(28)29)20(27)18(32-22)11-14-12-25-21-16(14)4-3-7-24-21/h3-7,10-12,26-27H,8-9H2,1-2H3,(H,28,29). The van der Waals surface area contributed by atoms with Crippen molar-refractivity contribution >= 4 is 41.2 Å². The number of aromatic nitrogens is 1. The Morgan fingerprint density at radius 2 is 2.12 bits per heavy atom. The topological polar surface area (TPSA) is 126 Å². The number of carboxylic acids is 1. The number of anilines is 2. The minimum atomic E-state index is -1.32. The molecule has 3 N–H and O–H groups in total. The van der Waals surface area contributed by atoms with E-state index in [1.54, 1.807) is 37.7 Å². The average Bonchev–Trinajstić information content (AvgIpc) is 3.31. The minimum absolute atomic E-state index is 0.000209. The lowest BCUT2D eigenvalue weighted by Gasteiger charge is -2.11. The van der Waals surface area contributed by atoms with Gasteiger partial charge in [0.15, 0.2) is 22.9 Å². The first-order chi connectivity index (χ1) is 15.5. The molecular formula is C23H21N3O6. The number of nitrogens with zero attached hydrogens (tertiary/aromatic N) is 2. The largest absolute Gasteiger partial charge is 0.504 e. The number of aliphatic imine (C=N–C) groups is 1. The van der Waals surface area contributed by atoms with Crippen LogP contribution in [-0.4, -0.2) is 47.7 Å². The number of hydrogen-bond donors (Lipinski definition) is 3. The number of hydrogen-bond acceptors (Lipinski definition) is 8. The number of carbonyl (C=O) groups is 1. The lowest BCUT2D eigenvalue weighted by molar-refractivity contribution is 0.0695. The highest BCUT2D eigenvalue weighted by molar-refractivity contribution is 6.21. The van der Waals surface area contributed by atoms with Crippen LogP contribution < -0.4 is 10.1 Å². The van der Waals surface area contributed by atoms with E-state index in [4.69, 9.17) is 13.9 Å². The van der Waals surface area contributed by atoms with Crippen molar-refractivity contribution in [2.45, 2.75) is 6.92 Å². The molecule has 0 unspecified atom stereocenters. The second-order valence-electron chi connectivity index (χ2n) is 7.00. The molecule has 4 rings (SSSR count). The lowest BCUT2D eigenvalue weighted by Crippen LogP contribution is -2.05. The second-order valence-corrected chi connectivity index (χ2v) is 7.00. The number of carboxylic acid groups (broad SMARTS) is 1. The maximum atomic E-state index is 11.8. The number of pyridine rings is 1. The van der Waals surface area contributed by atoms with E-state index in [1.165, 1.54) is 6.08 Å². The number of nitrogens with one attached hydrogen (secondary N) is 1. The van der Waals surface area contributed by atoms with Crippen molar-refractivity contribution < 1.29 is 28.9 Å². The van der Waals surface area contributed by atoms with Gasteiger partial charge in [0.2, 0.25) is 5.88 Å². The minimum Gasteiger partial charge on any atom is -0.504 e. The third-order valence-corrected chi connectivity index (χ3v) is 4.84. The summed E-state index contributed by atoms with van der Waals surface area (Å²) in [6.07, 6.45) is 4.74. The number of rotatable bonds is 8. The maximum Gasteiger partial charge on any atom is 0.345 e. The van der Waals surface area contributed by atoms with Gasteiger partial charge in [0.05, 0.1) is 6.61 Å². The normalized spacial score (nSPS) is 13.4. The summed E-state index contributed by atoms with van der Waals surface area (Å²) >= 11 is 0. The first-order valence-corrected chi connectivity index (χ1v) is 9.77. The van der Waals surface area contributed by atoms with Crippen molar-refractivity contribution in [3.8, 4) is 11.5 Å². The second kappa shape index (κ2) is 8.94. The summed E-state index contributed by atoms with van der Waals surface area (Å²) in [6.45, 7) is 2.73. The highest BCUT2D eigenvalue weighted by Gasteiger charge is 2.26. The molecule has 3 heterocycles. The van der Waals surface area contributed by atoms with Crippen LogP contribution in [0.25, 0.3) is 11.6 Å². The Morgan fingerprint density at radius 1 is 1.28 bits per heavy atom. The van der Waals surface area contributed by atoms with Gasteiger partial charge in [-0.15, -0.1) is 0 Å². The number of ether oxygens (including phenoxy) is 2. The summed E-state index contributed by atoms with van der Waals surface area (Å²) in [6, 6.07) is 8.90. The summed E-state index contributed by atoms with van der Waals surface area (Å²) in [7, 11) is 1.60. The summed E-state index contributed by atoms with van der Waals surface area (Å²) in [4.78, 5) is 20.2. The Balaban J connectivity index is 1.64. The molecule has 0 bridgehead atoms. The molecule has 0 amide bonds. The van der Waals surface area contributed by atoms with Gasteiger partial charge in [-0.2, -0.15) is 0 Å². The van der Waals surface area contributed by atoms with Gasteiger partial charge in [-0.05, 0) is 48.9 Å². The van der Waals surface area contributed by atoms with Crippen LogP contribution in [0.2, 0.25) is 0 Å². The fourth-order valence-electron chi connectivity index (χ4n) is 3.24. The zero-order chi connectivity index (χ0) is 22.7. The van der Waals surface area contributed by atoms with Gasteiger partial charge in [-0.3, -0.25) is 0 Å². The Labute approximate surface area is 183 Å². The number of aromatic carboxylic acids is 1. The molecule has 0 spiro atoms. The Hall–Kier alpha value is -4.11. The first kappa shape index (κ1) is 21.1. The van der Waals surface area contributed by atoms with Crippen LogP contribution in [0.3, 0.4) is 0 Å². The van der Waals surface area contributed by atoms with Crippen molar-refractivity contribution in [3.05, 3.63) is 59.0 Å². The highest BCUT2D eigenvalue weighted by atomic mass is 16.5.